The molecule has 0 aliphatic heterocycles. The molecule has 0 saturated carbocycles. The highest BCUT2D eigenvalue weighted by atomic mass is 35.7. The molecule has 1 rings (SSSR count). The van der Waals surface area contributed by atoms with E-state index in [0.717, 1.165) is 16.7 Å². The van der Waals surface area contributed by atoms with Crippen LogP contribution in [-0.2, 0) is 15.5 Å². The molecule has 0 aliphatic carbocycles. The summed E-state index contributed by atoms with van der Waals surface area (Å²) in [7, 11) is 1.72. The maximum absolute atomic E-state index is 10.8. The molecule has 0 aromatic heterocycles. The lowest BCUT2D eigenvalue weighted by atomic mass is 10.0. The largest absolute Gasteiger partial charge is 0.232 e. The van der Waals surface area contributed by atoms with Crippen LogP contribution in [-0.4, -0.2) is 14.2 Å². The van der Waals surface area contributed by atoms with E-state index in [2.05, 4.69) is 0 Å². The maximum Gasteiger partial charge on any atom is 0.232 e. The van der Waals surface area contributed by atoms with Gasteiger partial charge in [0.1, 0.15) is 0 Å². The van der Waals surface area contributed by atoms with E-state index in [9.17, 15) is 8.42 Å². The number of hydrogen-bond donors (Lipinski definition) is 0. The van der Waals surface area contributed by atoms with Crippen molar-refractivity contribution in [3.8, 4) is 0 Å². The Balaban J connectivity index is 2.95. The second kappa shape index (κ2) is 4.73. The topological polar surface area (TPSA) is 34.1 Å². The molecule has 0 unspecified atom stereocenters. The third-order valence-corrected chi connectivity index (χ3v) is 3.73. The first-order valence-electron chi connectivity index (χ1n) is 4.47. The van der Waals surface area contributed by atoms with Crippen molar-refractivity contribution in [3.05, 3.63) is 33.8 Å². The van der Waals surface area contributed by atoms with E-state index in [1.807, 2.05) is 19.9 Å². The molecule has 0 amide bonds. The van der Waals surface area contributed by atoms with Gasteiger partial charge in [0.15, 0.2) is 0 Å². The molecule has 0 bridgehead atoms. The van der Waals surface area contributed by atoms with Gasteiger partial charge in [-0.25, -0.2) is 8.42 Å². The van der Waals surface area contributed by atoms with Crippen LogP contribution < -0.4 is 0 Å². The van der Waals surface area contributed by atoms with E-state index in [1.165, 1.54) is 0 Å². The summed E-state index contributed by atoms with van der Waals surface area (Å²) in [5, 5.41) is 0.625. The third-order valence-electron chi connectivity index (χ3n) is 2.35. The van der Waals surface area contributed by atoms with Crippen molar-refractivity contribution in [2.45, 2.75) is 20.3 Å². The van der Waals surface area contributed by atoms with Gasteiger partial charge in [0, 0.05) is 15.7 Å². The summed E-state index contributed by atoms with van der Waals surface area (Å²) < 4.78 is 21.6. The molecule has 0 N–H and O–H groups in total. The summed E-state index contributed by atoms with van der Waals surface area (Å²) in [5.74, 6) is -0.0603. The SMILES string of the molecule is Cc1cc(Cl)cc(CCS(=O)(=O)Cl)c1C. The molecule has 0 spiro atoms. The number of aryl methyl sites for hydroxylation is 2. The summed E-state index contributed by atoms with van der Waals surface area (Å²) in [6, 6.07) is 3.64. The minimum Gasteiger partial charge on any atom is -0.212 e. The summed E-state index contributed by atoms with van der Waals surface area (Å²) >= 11 is 5.89. The van der Waals surface area contributed by atoms with Crippen LogP contribution in [0.4, 0.5) is 0 Å². The maximum atomic E-state index is 10.8. The Morgan fingerprint density at radius 3 is 2.40 bits per heavy atom. The summed E-state index contributed by atoms with van der Waals surface area (Å²) in [6.07, 6.45) is 0.402. The molecule has 1 aromatic rings. The van der Waals surface area contributed by atoms with Crippen LogP contribution >= 0.6 is 22.3 Å². The Morgan fingerprint density at radius 2 is 1.87 bits per heavy atom. The Bertz CT molecular complexity index is 467. The van der Waals surface area contributed by atoms with Crippen LogP contribution in [0.5, 0.6) is 0 Å². The number of halogens is 2. The van der Waals surface area contributed by atoms with Gasteiger partial charge < -0.3 is 0 Å². The van der Waals surface area contributed by atoms with E-state index >= 15 is 0 Å². The Hall–Kier alpha value is -0.250. The first kappa shape index (κ1) is 12.8. The monoisotopic (exact) mass is 266 g/mol. The molecule has 0 aliphatic rings. The summed E-state index contributed by atoms with van der Waals surface area (Å²) in [4.78, 5) is 0. The normalized spacial score (nSPS) is 11.7. The number of hydrogen-bond acceptors (Lipinski definition) is 2. The molecular formula is C10H12Cl2O2S. The van der Waals surface area contributed by atoms with Crippen molar-refractivity contribution < 1.29 is 8.42 Å². The van der Waals surface area contributed by atoms with E-state index < -0.39 is 9.05 Å². The highest BCUT2D eigenvalue weighted by Gasteiger charge is 2.09. The van der Waals surface area contributed by atoms with Crippen LogP contribution in [0.25, 0.3) is 0 Å². The van der Waals surface area contributed by atoms with Crippen molar-refractivity contribution in [1.82, 2.24) is 0 Å². The second-order valence-electron chi connectivity index (χ2n) is 3.50. The third kappa shape index (κ3) is 4.01. The van der Waals surface area contributed by atoms with Crippen LogP contribution in [0.3, 0.4) is 0 Å². The molecule has 0 radical (unpaired) electrons. The van der Waals surface area contributed by atoms with Gasteiger partial charge in [0.25, 0.3) is 0 Å². The molecule has 84 valence electrons. The van der Waals surface area contributed by atoms with Crippen molar-refractivity contribution in [2.24, 2.45) is 0 Å². The zero-order chi connectivity index (χ0) is 11.6. The molecule has 0 heterocycles. The number of rotatable bonds is 3. The first-order chi connectivity index (χ1) is 6.79. The van der Waals surface area contributed by atoms with E-state index in [1.54, 1.807) is 6.07 Å². The smallest absolute Gasteiger partial charge is 0.212 e. The van der Waals surface area contributed by atoms with E-state index in [-0.39, 0.29) is 5.75 Å². The molecule has 5 heteroatoms. The van der Waals surface area contributed by atoms with Crippen molar-refractivity contribution >= 4 is 31.3 Å². The zero-order valence-electron chi connectivity index (χ0n) is 8.55. The van der Waals surface area contributed by atoms with Crippen LogP contribution in [0.15, 0.2) is 12.1 Å². The standard InChI is InChI=1S/C10H12Cl2O2S/c1-7-5-10(11)6-9(8(7)2)3-4-15(12,13)14/h5-6H,3-4H2,1-2H3. The molecule has 2 nitrogen and oxygen atoms in total. The van der Waals surface area contributed by atoms with E-state index in [4.69, 9.17) is 22.3 Å². The number of benzene rings is 1. The van der Waals surface area contributed by atoms with Crippen molar-refractivity contribution in [2.75, 3.05) is 5.75 Å². The van der Waals surface area contributed by atoms with Gasteiger partial charge >= 0.3 is 0 Å². The molecule has 0 atom stereocenters. The highest BCUT2D eigenvalue weighted by molar-refractivity contribution is 8.13. The van der Waals surface area contributed by atoms with Crippen LogP contribution in [0.1, 0.15) is 16.7 Å². The summed E-state index contributed by atoms with van der Waals surface area (Å²) in [6.45, 7) is 3.89. The van der Waals surface area contributed by atoms with Gasteiger partial charge in [-0.3, -0.25) is 0 Å². The molecule has 15 heavy (non-hydrogen) atoms. The predicted octanol–water partition coefficient (Wildman–Crippen LogP) is 3.07. The van der Waals surface area contributed by atoms with Gasteiger partial charge in [-0.2, -0.15) is 0 Å². The average Bonchev–Trinajstić information content (AvgIpc) is 2.07. The Morgan fingerprint density at radius 1 is 1.27 bits per heavy atom. The minimum absolute atomic E-state index is 0.0603. The lowest BCUT2D eigenvalue weighted by Crippen LogP contribution is -2.03. The fourth-order valence-corrected chi connectivity index (χ4v) is 2.37. The molecule has 1 aromatic carbocycles. The zero-order valence-corrected chi connectivity index (χ0v) is 10.9. The van der Waals surface area contributed by atoms with Gasteiger partial charge in [-0.1, -0.05) is 11.6 Å². The van der Waals surface area contributed by atoms with Gasteiger partial charge in [-0.05, 0) is 49.1 Å². The lowest BCUT2D eigenvalue weighted by Gasteiger charge is -2.08. The minimum atomic E-state index is -3.44. The fraction of sp³-hybridized carbons (Fsp3) is 0.400. The van der Waals surface area contributed by atoms with Gasteiger partial charge in [0.05, 0.1) is 5.75 Å². The van der Waals surface area contributed by atoms with Crippen LogP contribution in [0.2, 0.25) is 5.02 Å². The van der Waals surface area contributed by atoms with Crippen LogP contribution in [0, 0.1) is 13.8 Å². The lowest BCUT2D eigenvalue weighted by molar-refractivity contribution is 0.609. The Kier molecular flexibility index (Phi) is 4.04. The second-order valence-corrected chi connectivity index (χ2v) is 6.83. The molecule has 0 fully saturated rings. The molecule has 0 saturated heterocycles. The predicted molar refractivity (Wildman–Crippen MR) is 64.3 cm³/mol. The van der Waals surface area contributed by atoms with Crippen molar-refractivity contribution in [1.29, 1.82) is 0 Å². The van der Waals surface area contributed by atoms with E-state index in [0.29, 0.717) is 11.4 Å². The quantitative estimate of drug-likeness (QED) is 0.789. The Labute approximate surface area is 99.6 Å². The van der Waals surface area contributed by atoms with Gasteiger partial charge in [0.2, 0.25) is 9.05 Å². The van der Waals surface area contributed by atoms with Crippen molar-refractivity contribution in [3.63, 3.8) is 0 Å². The fourth-order valence-electron chi connectivity index (χ4n) is 1.38. The molecular weight excluding hydrogens is 255 g/mol. The van der Waals surface area contributed by atoms with Gasteiger partial charge in [-0.15, -0.1) is 0 Å². The average molecular weight is 267 g/mol. The highest BCUT2D eigenvalue weighted by Crippen LogP contribution is 2.21. The first-order valence-corrected chi connectivity index (χ1v) is 7.33. The summed E-state index contributed by atoms with van der Waals surface area (Å²) in [5.41, 5.74) is 3.06.